The molecule has 2 aliphatic rings. The smallest absolute Gasteiger partial charge is 0.417 e. The highest BCUT2D eigenvalue weighted by atomic mass is 32.1. The number of amides is 2. The van der Waals surface area contributed by atoms with Crippen molar-refractivity contribution in [2.45, 2.75) is 31.2 Å². The predicted molar refractivity (Wildman–Crippen MR) is 123 cm³/mol. The summed E-state index contributed by atoms with van der Waals surface area (Å²) in [6.07, 6.45) is 0.914. The molecule has 9 nitrogen and oxygen atoms in total. The van der Waals surface area contributed by atoms with E-state index in [0.717, 1.165) is 17.4 Å². The number of anilines is 1. The number of pyridine rings is 1. The van der Waals surface area contributed by atoms with Crippen molar-refractivity contribution in [3.63, 3.8) is 0 Å². The van der Waals surface area contributed by atoms with E-state index in [1.54, 1.807) is 22.3 Å². The quantitative estimate of drug-likeness (QED) is 0.580. The lowest BCUT2D eigenvalue weighted by Gasteiger charge is -2.40. The standard InChI is InChI=1S/C22H23F3N6O3S/c1-26-20(32)15-11-35-19-16(22(23,24)25)8-17(28-18(15)19)29-5-2-14(3-6-29)34-21(33)31-9-13(10-31)30-7-4-27-12-30/h4,7-8,11-14H,2-3,5-6,9-10H2,1H3,(H,26,32). The monoisotopic (exact) mass is 508 g/mol. The first-order chi connectivity index (χ1) is 16.7. The summed E-state index contributed by atoms with van der Waals surface area (Å²) in [7, 11) is 1.42. The third kappa shape index (κ3) is 4.51. The third-order valence-corrected chi connectivity index (χ3v) is 7.39. The minimum absolute atomic E-state index is 0.0398. The van der Waals surface area contributed by atoms with Crippen LogP contribution in [-0.4, -0.2) is 70.8 Å². The van der Waals surface area contributed by atoms with E-state index in [4.69, 9.17) is 4.74 Å². The minimum Gasteiger partial charge on any atom is -0.446 e. The number of nitrogens with one attached hydrogen (secondary N) is 1. The van der Waals surface area contributed by atoms with Crippen molar-refractivity contribution < 1.29 is 27.5 Å². The Bertz CT molecular complexity index is 1230. The van der Waals surface area contributed by atoms with Crippen molar-refractivity contribution in [1.29, 1.82) is 0 Å². The Morgan fingerprint density at radius 3 is 2.60 bits per heavy atom. The second-order valence-corrected chi connectivity index (χ2v) is 9.45. The summed E-state index contributed by atoms with van der Waals surface area (Å²) in [5.74, 6) is -0.329. The Kier molecular flexibility index (Phi) is 6.03. The Hall–Kier alpha value is -3.35. The maximum atomic E-state index is 13.8. The molecular weight excluding hydrogens is 485 g/mol. The van der Waals surface area contributed by atoms with Crippen LogP contribution in [0.2, 0.25) is 0 Å². The molecule has 2 saturated heterocycles. The Morgan fingerprint density at radius 1 is 1.23 bits per heavy atom. The molecule has 2 aliphatic heterocycles. The molecule has 0 atom stereocenters. The SMILES string of the molecule is CNC(=O)c1csc2c(C(F)(F)F)cc(N3CCC(OC(=O)N4CC(n5ccnc5)C4)CC3)nc12. The van der Waals surface area contributed by atoms with Crippen LogP contribution in [0.25, 0.3) is 10.2 Å². The first kappa shape index (κ1) is 23.4. The zero-order valence-corrected chi connectivity index (χ0v) is 19.6. The molecular formula is C22H23F3N6O3S. The van der Waals surface area contributed by atoms with E-state index in [-0.39, 0.29) is 39.8 Å². The molecule has 5 rings (SSSR count). The molecule has 0 aromatic carbocycles. The number of carbonyl (C=O) groups is 2. The molecule has 0 spiro atoms. The maximum Gasteiger partial charge on any atom is 0.417 e. The maximum absolute atomic E-state index is 13.8. The number of fused-ring (bicyclic) bond motifs is 1. The average Bonchev–Trinajstić information content (AvgIpc) is 3.47. The first-order valence-electron chi connectivity index (χ1n) is 11.1. The van der Waals surface area contributed by atoms with Gasteiger partial charge < -0.3 is 24.4 Å². The number of likely N-dealkylation sites (tertiary alicyclic amines) is 1. The van der Waals surface area contributed by atoms with E-state index in [1.165, 1.54) is 12.4 Å². The number of nitrogens with zero attached hydrogens (tertiary/aromatic N) is 5. The number of piperidine rings is 1. The molecule has 5 heterocycles. The highest BCUT2D eigenvalue weighted by Crippen LogP contribution is 2.40. The van der Waals surface area contributed by atoms with Crippen LogP contribution in [0.5, 0.6) is 0 Å². The van der Waals surface area contributed by atoms with E-state index in [1.807, 2.05) is 10.8 Å². The first-order valence-corrected chi connectivity index (χ1v) is 12.0. The lowest BCUT2D eigenvalue weighted by molar-refractivity contribution is -0.136. The van der Waals surface area contributed by atoms with Crippen LogP contribution in [0.4, 0.5) is 23.8 Å². The zero-order valence-electron chi connectivity index (χ0n) is 18.8. The fourth-order valence-corrected chi connectivity index (χ4v) is 5.39. The third-order valence-electron chi connectivity index (χ3n) is 6.39. The number of aromatic nitrogens is 3. The Morgan fingerprint density at radius 2 is 1.97 bits per heavy atom. The summed E-state index contributed by atoms with van der Waals surface area (Å²) in [6, 6.07) is 1.22. The fourth-order valence-electron chi connectivity index (χ4n) is 4.36. The zero-order chi connectivity index (χ0) is 24.7. The molecule has 2 fully saturated rings. The van der Waals surface area contributed by atoms with Gasteiger partial charge in [0.1, 0.15) is 11.9 Å². The minimum atomic E-state index is -4.58. The van der Waals surface area contributed by atoms with E-state index >= 15 is 0 Å². The number of hydrogen-bond acceptors (Lipinski definition) is 7. The summed E-state index contributed by atoms with van der Waals surface area (Å²) in [6.45, 7) is 1.86. The van der Waals surface area contributed by atoms with E-state index < -0.39 is 17.6 Å². The molecule has 2 amide bonds. The van der Waals surface area contributed by atoms with Gasteiger partial charge in [-0.1, -0.05) is 0 Å². The Labute approximate surface area is 202 Å². The van der Waals surface area contributed by atoms with Gasteiger partial charge in [0.15, 0.2) is 0 Å². The van der Waals surface area contributed by atoms with Gasteiger partial charge in [-0.2, -0.15) is 13.2 Å². The van der Waals surface area contributed by atoms with Crippen molar-refractivity contribution in [2.24, 2.45) is 0 Å². The summed E-state index contributed by atoms with van der Waals surface area (Å²) in [5.41, 5.74) is -0.651. The molecule has 0 saturated carbocycles. The molecule has 0 unspecified atom stereocenters. The molecule has 1 N–H and O–H groups in total. The topological polar surface area (TPSA) is 92.6 Å². The molecule has 186 valence electrons. The van der Waals surface area contributed by atoms with E-state index in [9.17, 15) is 22.8 Å². The average molecular weight is 509 g/mol. The van der Waals surface area contributed by atoms with Gasteiger partial charge in [-0.15, -0.1) is 11.3 Å². The van der Waals surface area contributed by atoms with Crippen LogP contribution < -0.4 is 10.2 Å². The van der Waals surface area contributed by atoms with Gasteiger partial charge in [-0.05, 0) is 6.07 Å². The number of ether oxygens (including phenoxy) is 1. The molecule has 13 heteroatoms. The van der Waals surface area contributed by atoms with Crippen LogP contribution in [0.1, 0.15) is 34.8 Å². The van der Waals surface area contributed by atoms with Crippen molar-refractivity contribution >= 4 is 39.4 Å². The number of alkyl halides is 3. The van der Waals surface area contributed by atoms with Crippen molar-refractivity contribution in [3.8, 4) is 0 Å². The van der Waals surface area contributed by atoms with Crippen molar-refractivity contribution in [1.82, 2.24) is 24.8 Å². The Balaban J connectivity index is 1.25. The van der Waals surface area contributed by atoms with Crippen LogP contribution in [0.3, 0.4) is 0 Å². The number of imidazole rings is 1. The number of halogens is 3. The molecule has 3 aromatic rings. The van der Waals surface area contributed by atoms with E-state index in [0.29, 0.717) is 39.0 Å². The van der Waals surface area contributed by atoms with Crippen LogP contribution >= 0.6 is 11.3 Å². The highest BCUT2D eigenvalue weighted by molar-refractivity contribution is 7.17. The summed E-state index contributed by atoms with van der Waals surface area (Å²) >= 11 is 0.854. The number of rotatable bonds is 4. The van der Waals surface area contributed by atoms with Gasteiger partial charge in [0.25, 0.3) is 5.91 Å². The normalized spacial score (nSPS) is 17.5. The van der Waals surface area contributed by atoms with Crippen molar-refractivity contribution in [2.75, 3.05) is 38.1 Å². The molecule has 35 heavy (non-hydrogen) atoms. The number of thiophene rings is 1. The van der Waals surface area contributed by atoms with Gasteiger partial charge in [0, 0.05) is 63.8 Å². The second-order valence-electron chi connectivity index (χ2n) is 8.57. The van der Waals surface area contributed by atoms with Crippen molar-refractivity contribution in [3.05, 3.63) is 41.3 Å². The lowest BCUT2D eigenvalue weighted by Crippen LogP contribution is -2.52. The molecule has 3 aromatic heterocycles. The lowest BCUT2D eigenvalue weighted by atomic mass is 10.1. The van der Waals surface area contributed by atoms with E-state index in [2.05, 4.69) is 15.3 Å². The number of hydrogen-bond donors (Lipinski definition) is 1. The van der Waals surface area contributed by atoms with Gasteiger partial charge in [0.05, 0.1) is 33.7 Å². The van der Waals surface area contributed by atoms with Gasteiger partial charge in [0.2, 0.25) is 0 Å². The predicted octanol–water partition coefficient (Wildman–Crippen LogP) is 3.53. The summed E-state index contributed by atoms with van der Waals surface area (Å²) in [4.78, 5) is 36.4. The van der Waals surface area contributed by atoms with Crippen LogP contribution in [0.15, 0.2) is 30.2 Å². The van der Waals surface area contributed by atoms with Gasteiger partial charge in [-0.3, -0.25) is 4.79 Å². The largest absolute Gasteiger partial charge is 0.446 e. The van der Waals surface area contributed by atoms with Crippen LogP contribution in [-0.2, 0) is 10.9 Å². The highest BCUT2D eigenvalue weighted by Gasteiger charge is 2.37. The van der Waals surface area contributed by atoms with Gasteiger partial charge >= 0.3 is 12.3 Å². The van der Waals surface area contributed by atoms with Crippen LogP contribution in [0, 0.1) is 0 Å². The molecule has 0 aliphatic carbocycles. The fraction of sp³-hybridized carbons (Fsp3) is 0.455. The molecule has 0 bridgehead atoms. The molecule has 0 radical (unpaired) electrons. The summed E-state index contributed by atoms with van der Waals surface area (Å²) in [5, 5.41) is 3.84. The summed E-state index contributed by atoms with van der Waals surface area (Å²) < 4.78 is 48.9. The number of carbonyl (C=O) groups excluding carboxylic acids is 2. The second kappa shape index (κ2) is 9.02. The van der Waals surface area contributed by atoms with Gasteiger partial charge in [-0.25, -0.2) is 14.8 Å².